The van der Waals surface area contributed by atoms with Crippen molar-refractivity contribution in [3.05, 3.63) is 35.6 Å². The first-order chi connectivity index (χ1) is 11.0. The molecule has 3 rings (SSSR count). The number of rotatable bonds is 5. The molecule has 0 radical (unpaired) electrons. The average Bonchev–Trinajstić information content (AvgIpc) is 3.37. The molecular weight excluding hydrogens is 327 g/mol. The summed E-state index contributed by atoms with van der Waals surface area (Å²) in [5, 5.41) is 3.64. The first-order valence-electron chi connectivity index (χ1n) is 8.75. The molecule has 0 bridgehead atoms. The Morgan fingerprint density at radius 3 is 2.29 bits per heavy atom. The van der Waals surface area contributed by atoms with Crippen LogP contribution in [0.5, 0.6) is 0 Å². The van der Waals surface area contributed by atoms with E-state index in [0.29, 0.717) is 6.04 Å². The van der Waals surface area contributed by atoms with Crippen molar-refractivity contribution in [3.63, 3.8) is 0 Å². The minimum Gasteiger partial charge on any atom is -0.342 e. The van der Waals surface area contributed by atoms with E-state index in [-0.39, 0.29) is 24.1 Å². The number of benzene rings is 1. The molecule has 0 spiro atoms. The van der Waals surface area contributed by atoms with Crippen LogP contribution in [0, 0.1) is 11.7 Å². The van der Waals surface area contributed by atoms with Crippen molar-refractivity contribution in [3.8, 4) is 0 Å². The largest absolute Gasteiger partial charge is 0.342 e. The summed E-state index contributed by atoms with van der Waals surface area (Å²) in [5.41, 5.74) is 0.264. The van der Waals surface area contributed by atoms with Crippen LogP contribution in [0.15, 0.2) is 24.3 Å². The number of nitrogens with zero attached hydrogens (tertiary/aromatic N) is 1. The molecule has 1 amide bonds. The number of carbonyl (C=O) groups is 1. The van der Waals surface area contributed by atoms with E-state index >= 15 is 0 Å². The molecule has 134 valence electrons. The van der Waals surface area contributed by atoms with Gasteiger partial charge in [-0.2, -0.15) is 0 Å². The van der Waals surface area contributed by atoms with Gasteiger partial charge >= 0.3 is 0 Å². The first kappa shape index (κ1) is 19.2. The third-order valence-electron chi connectivity index (χ3n) is 5.27. The summed E-state index contributed by atoms with van der Waals surface area (Å²) in [6.45, 7) is 6.62. The first-order valence-corrected chi connectivity index (χ1v) is 8.75. The Labute approximate surface area is 150 Å². The third kappa shape index (κ3) is 4.48. The Morgan fingerprint density at radius 1 is 1.17 bits per heavy atom. The number of hydrogen-bond donors (Lipinski definition) is 1. The lowest BCUT2D eigenvalue weighted by Crippen LogP contribution is -2.50. The monoisotopic (exact) mass is 354 g/mol. The van der Waals surface area contributed by atoms with Crippen LogP contribution in [0.25, 0.3) is 0 Å². The minimum atomic E-state index is -0.609. The summed E-state index contributed by atoms with van der Waals surface area (Å²) in [6.07, 6.45) is 4.79. The predicted octanol–water partition coefficient (Wildman–Crippen LogP) is 3.52. The quantitative estimate of drug-likeness (QED) is 0.877. The van der Waals surface area contributed by atoms with Gasteiger partial charge in [-0.3, -0.25) is 4.79 Å². The van der Waals surface area contributed by atoms with E-state index in [4.69, 9.17) is 0 Å². The summed E-state index contributed by atoms with van der Waals surface area (Å²) >= 11 is 0. The van der Waals surface area contributed by atoms with E-state index in [1.54, 1.807) is 12.1 Å². The smallest absolute Gasteiger partial charge is 0.232 e. The van der Waals surface area contributed by atoms with Crippen molar-refractivity contribution >= 4 is 18.3 Å². The van der Waals surface area contributed by atoms with Gasteiger partial charge < -0.3 is 10.2 Å². The predicted molar refractivity (Wildman–Crippen MR) is 97.0 cm³/mol. The summed E-state index contributed by atoms with van der Waals surface area (Å²) in [6, 6.07) is 6.85. The van der Waals surface area contributed by atoms with Crippen LogP contribution in [-0.4, -0.2) is 36.5 Å². The van der Waals surface area contributed by atoms with Crippen LogP contribution >= 0.6 is 12.4 Å². The minimum absolute atomic E-state index is 0. The van der Waals surface area contributed by atoms with E-state index in [1.807, 2.05) is 18.7 Å². The normalized spacial score (nSPS) is 19.0. The maximum absolute atomic E-state index is 13.1. The second-order valence-corrected chi connectivity index (χ2v) is 7.55. The van der Waals surface area contributed by atoms with Gasteiger partial charge in [0.2, 0.25) is 5.91 Å². The van der Waals surface area contributed by atoms with Gasteiger partial charge in [-0.25, -0.2) is 4.39 Å². The SMILES string of the molecule is CC(C)(C(=O)N1CCC(NCC2CC2)CC1)c1ccc(F)cc1.Cl. The van der Waals surface area contributed by atoms with E-state index in [2.05, 4.69) is 5.32 Å². The van der Waals surface area contributed by atoms with E-state index in [0.717, 1.165) is 44.0 Å². The molecule has 2 aliphatic rings. The molecule has 2 fully saturated rings. The van der Waals surface area contributed by atoms with Crippen LogP contribution < -0.4 is 5.32 Å². The molecule has 1 heterocycles. The Hall–Kier alpha value is -1.13. The summed E-state index contributed by atoms with van der Waals surface area (Å²) in [5.74, 6) is 0.774. The third-order valence-corrected chi connectivity index (χ3v) is 5.27. The highest BCUT2D eigenvalue weighted by Gasteiger charge is 2.35. The summed E-state index contributed by atoms with van der Waals surface area (Å²) in [4.78, 5) is 14.9. The maximum atomic E-state index is 13.1. The van der Waals surface area contributed by atoms with Gasteiger partial charge in [0.1, 0.15) is 5.82 Å². The maximum Gasteiger partial charge on any atom is 0.232 e. The number of carbonyl (C=O) groups excluding carboxylic acids is 1. The molecular formula is C19H28ClFN2O. The van der Waals surface area contributed by atoms with E-state index < -0.39 is 5.41 Å². The standard InChI is InChI=1S/C19H27FN2O.ClH/c1-19(2,15-5-7-16(20)8-6-15)18(23)22-11-9-17(10-12-22)21-13-14-3-4-14;/h5-8,14,17,21H,3-4,9-13H2,1-2H3;1H. The fourth-order valence-electron chi connectivity index (χ4n) is 3.33. The molecule has 1 aromatic rings. The number of amides is 1. The second-order valence-electron chi connectivity index (χ2n) is 7.55. The van der Waals surface area contributed by atoms with Crippen LogP contribution in [0.1, 0.15) is 45.1 Å². The van der Waals surface area contributed by atoms with Crippen molar-refractivity contribution in [2.45, 2.75) is 51.0 Å². The van der Waals surface area contributed by atoms with Gasteiger partial charge in [0.15, 0.2) is 0 Å². The van der Waals surface area contributed by atoms with Crippen molar-refractivity contribution < 1.29 is 9.18 Å². The fraction of sp³-hybridized carbons (Fsp3) is 0.632. The van der Waals surface area contributed by atoms with Crippen molar-refractivity contribution in [2.24, 2.45) is 5.92 Å². The van der Waals surface area contributed by atoms with E-state index in [1.165, 1.54) is 25.0 Å². The Bertz CT molecular complexity index is 549. The van der Waals surface area contributed by atoms with Crippen LogP contribution in [0.4, 0.5) is 4.39 Å². The highest BCUT2D eigenvalue weighted by atomic mass is 35.5. The van der Waals surface area contributed by atoms with Gasteiger partial charge in [-0.15, -0.1) is 12.4 Å². The molecule has 1 aromatic carbocycles. The topological polar surface area (TPSA) is 32.3 Å². The molecule has 5 heteroatoms. The average molecular weight is 355 g/mol. The van der Waals surface area contributed by atoms with Crippen molar-refractivity contribution in [2.75, 3.05) is 19.6 Å². The van der Waals surface area contributed by atoms with Crippen LogP contribution in [0.3, 0.4) is 0 Å². The molecule has 1 N–H and O–H groups in total. The molecule has 0 aromatic heterocycles. The van der Waals surface area contributed by atoms with Gasteiger partial charge in [0.25, 0.3) is 0 Å². The Kier molecular flexibility index (Phi) is 6.27. The molecule has 1 saturated carbocycles. The van der Waals surface area contributed by atoms with Gasteiger partial charge in [0, 0.05) is 19.1 Å². The molecule has 1 aliphatic heterocycles. The molecule has 24 heavy (non-hydrogen) atoms. The number of hydrogen-bond acceptors (Lipinski definition) is 2. The highest BCUT2D eigenvalue weighted by Crippen LogP contribution is 2.29. The van der Waals surface area contributed by atoms with Gasteiger partial charge in [0.05, 0.1) is 5.41 Å². The van der Waals surface area contributed by atoms with Crippen molar-refractivity contribution in [1.82, 2.24) is 10.2 Å². The summed E-state index contributed by atoms with van der Waals surface area (Å²) in [7, 11) is 0. The van der Waals surface area contributed by atoms with Crippen LogP contribution in [-0.2, 0) is 10.2 Å². The molecule has 1 aliphatic carbocycles. The second kappa shape index (κ2) is 7.83. The zero-order chi connectivity index (χ0) is 16.4. The number of likely N-dealkylation sites (tertiary alicyclic amines) is 1. The number of nitrogens with one attached hydrogen (secondary N) is 1. The van der Waals surface area contributed by atoms with Crippen molar-refractivity contribution in [1.29, 1.82) is 0 Å². The molecule has 0 atom stereocenters. The lowest BCUT2D eigenvalue weighted by Gasteiger charge is -2.37. The number of piperidine rings is 1. The molecule has 0 unspecified atom stereocenters. The lowest BCUT2D eigenvalue weighted by molar-refractivity contribution is -0.137. The zero-order valence-electron chi connectivity index (χ0n) is 14.6. The van der Waals surface area contributed by atoms with Gasteiger partial charge in [-0.1, -0.05) is 12.1 Å². The zero-order valence-corrected chi connectivity index (χ0v) is 15.4. The summed E-state index contributed by atoms with van der Waals surface area (Å²) < 4.78 is 13.1. The lowest BCUT2D eigenvalue weighted by atomic mass is 9.82. The Morgan fingerprint density at radius 2 is 1.75 bits per heavy atom. The Balaban J connectivity index is 0.00000208. The van der Waals surface area contributed by atoms with E-state index in [9.17, 15) is 9.18 Å². The highest BCUT2D eigenvalue weighted by molar-refractivity contribution is 5.87. The fourth-order valence-corrected chi connectivity index (χ4v) is 3.33. The molecule has 1 saturated heterocycles. The number of halogens is 2. The van der Waals surface area contributed by atoms with Crippen LogP contribution in [0.2, 0.25) is 0 Å². The molecule has 3 nitrogen and oxygen atoms in total. The van der Waals surface area contributed by atoms with Gasteiger partial charge in [-0.05, 0) is 69.7 Å².